The second-order valence-electron chi connectivity index (χ2n) is 7.09. The topological polar surface area (TPSA) is 49.6 Å². The Morgan fingerprint density at radius 1 is 1.12 bits per heavy atom. The van der Waals surface area contributed by atoms with E-state index in [4.69, 9.17) is 17.3 Å². The van der Waals surface area contributed by atoms with Crippen LogP contribution < -0.4 is 10.6 Å². The molecule has 142 valence electrons. The van der Waals surface area contributed by atoms with E-state index in [0.717, 1.165) is 56.9 Å². The molecule has 2 N–H and O–H groups in total. The zero-order valence-corrected chi connectivity index (χ0v) is 17.0. The molecule has 1 aromatic carbocycles. The molecule has 1 amide bonds. The number of rotatable bonds is 2. The normalized spacial score (nSPS) is 26.4. The Hall–Kier alpha value is -0.680. The molecule has 2 unspecified atom stereocenters. The zero-order chi connectivity index (χ0) is 16.4. The Balaban J connectivity index is 0.00000156. The predicted octanol–water partition coefficient (Wildman–Crippen LogP) is 3.74. The molecular formula is C18H28Cl3N3O. The van der Waals surface area contributed by atoms with Crippen molar-refractivity contribution in [3.8, 4) is 0 Å². The van der Waals surface area contributed by atoms with E-state index in [9.17, 15) is 4.79 Å². The van der Waals surface area contributed by atoms with Crippen LogP contribution in [0.2, 0.25) is 5.02 Å². The minimum absolute atomic E-state index is 0. The zero-order valence-electron chi connectivity index (χ0n) is 14.6. The van der Waals surface area contributed by atoms with Crippen LogP contribution in [0.15, 0.2) is 24.3 Å². The molecule has 1 heterocycles. The van der Waals surface area contributed by atoms with Crippen LogP contribution in [0.3, 0.4) is 0 Å². The number of hydrogen-bond donors (Lipinski definition) is 1. The van der Waals surface area contributed by atoms with Crippen LogP contribution in [0.1, 0.15) is 32.6 Å². The largest absolute Gasteiger partial charge is 0.368 e. The smallest absolute Gasteiger partial charge is 0.227 e. The highest BCUT2D eigenvalue weighted by Crippen LogP contribution is 2.33. The summed E-state index contributed by atoms with van der Waals surface area (Å²) in [7, 11) is 0. The maximum Gasteiger partial charge on any atom is 0.227 e. The van der Waals surface area contributed by atoms with E-state index < -0.39 is 0 Å². The van der Waals surface area contributed by atoms with Gasteiger partial charge < -0.3 is 15.5 Å². The van der Waals surface area contributed by atoms with Crippen LogP contribution in [0.5, 0.6) is 0 Å². The number of anilines is 1. The van der Waals surface area contributed by atoms with Gasteiger partial charge in [0.1, 0.15) is 0 Å². The monoisotopic (exact) mass is 407 g/mol. The van der Waals surface area contributed by atoms with Crippen LogP contribution in [0.4, 0.5) is 5.69 Å². The van der Waals surface area contributed by atoms with Crippen molar-refractivity contribution in [1.29, 1.82) is 0 Å². The molecule has 25 heavy (non-hydrogen) atoms. The van der Waals surface area contributed by atoms with Gasteiger partial charge in [0.05, 0.1) is 5.92 Å². The Morgan fingerprint density at radius 3 is 2.28 bits per heavy atom. The minimum atomic E-state index is -0.345. The standard InChI is InChI=1S/C18H26ClN3O.2ClH/c1-18(20)9-3-2-4-16(18)17(23)22-12-10-21(11-13-22)15-7-5-14(19)6-8-15;;/h5-8,16H,2-4,9-13,20H2,1H3;2*1H. The summed E-state index contributed by atoms with van der Waals surface area (Å²) in [6, 6.07) is 7.91. The second-order valence-corrected chi connectivity index (χ2v) is 7.53. The lowest BCUT2D eigenvalue weighted by Gasteiger charge is -2.42. The summed E-state index contributed by atoms with van der Waals surface area (Å²) in [5.41, 5.74) is 7.22. The number of nitrogens with two attached hydrogens (primary N) is 1. The van der Waals surface area contributed by atoms with Gasteiger partial charge in [0, 0.05) is 42.4 Å². The summed E-state index contributed by atoms with van der Waals surface area (Å²) >= 11 is 5.94. The van der Waals surface area contributed by atoms with Crippen molar-refractivity contribution >= 4 is 48.0 Å². The molecule has 0 bridgehead atoms. The van der Waals surface area contributed by atoms with Crippen molar-refractivity contribution in [2.24, 2.45) is 11.7 Å². The third-order valence-corrected chi connectivity index (χ3v) is 5.59. The first-order chi connectivity index (χ1) is 11.0. The Bertz CT molecular complexity index is 557. The Labute approximate surface area is 167 Å². The SMILES string of the molecule is CC1(N)CCCCC1C(=O)N1CCN(c2ccc(Cl)cc2)CC1.Cl.Cl. The summed E-state index contributed by atoms with van der Waals surface area (Å²) in [6.07, 6.45) is 4.15. The van der Waals surface area contributed by atoms with E-state index in [1.54, 1.807) is 0 Å². The first-order valence-electron chi connectivity index (χ1n) is 8.55. The lowest BCUT2D eigenvalue weighted by atomic mass is 9.74. The number of halogens is 3. The number of hydrogen-bond acceptors (Lipinski definition) is 3. The van der Waals surface area contributed by atoms with Crippen LogP contribution in [-0.4, -0.2) is 42.5 Å². The molecule has 0 spiro atoms. The van der Waals surface area contributed by atoms with Gasteiger partial charge in [0.15, 0.2) is 0 Å². The van der Waals surface area contributed by atoms with Crippen molar-refractivity contribution in [2.45, 2.75) is 38.1 Å². The van der Waals surface area contributed by atoms with Crippen LogP contribution in [-0.2, 0) is 4.79 Å². The number of nitrogens with zero attached hydrogens (tertiary/aromatic N) is 2. The first kappa shape index (κ1) is 22.4. The summed E-state index contributed by atoms with van der Waals surface area (Å²) in [5.74, 6) is 0.240. The van der Waals surface area contributed by atoms with Gasteiger partial charge in [-0.15, -0.1) is 24.8 Å². The molecule has 3 rings (SSSR count). The molecular weight excluding hydrogens is 381 g/mol. The van der Waals surface area contributed by atoms with Gasteiger partial charge >= 0.3 is 0 Å². The highest BCUT2D eigenvalue weighted by molar-refractivity contribution is 6.30. The predicted molar refractivity (Wildman–Crippen MR) is 109 cm³/mol. The lowest BCUT2D eigenvalue weighted by molar-refractivity contribution is -0.139. The molecule has 1 saturated heterocycles. The van der Waals surface area contributed by atoms with Gasteiger partial charge in [0.25, 0.3) is 0 Å². The second kappa shape index (κ2) is 9.31. The van der Waals surface area contributed by atoms with E-state index in [0.29, 0.717) is 0 Å². The molecule has 0 aromatic heterocycles. The van der Waals surface area contributed by atoms with Crippen molar-refractivity contribution in [2.75, 3.05) is 31.1 Å². The molecule has 7 heteroatoms. The molecule has 1 aliphatic carbocycles. The average molecular weight is 409 g/mol. The van der Waals surface area contributed by atoms with Crippen LogP contribution in [0, 0.1) is 5.92 Å². The molecule has 4 nitrogen and oxygen atoms in total. The molecule has 2 aliphatic rings. The van der Waals surface area contributed by atoms with Crippen LogP contribution >= 0.6 is 36.4 Å². The first-order valence-corrected chi connectivity index (χ1v) is 8.93. The summed E-state index contributed by atoms with van der Waals surface area (Å²) in [4.78, 5) is 17.2. The summed E-state index contributed by atoms with van der Waals surface area (Å²) < 4.78 is 0. The summed E-state index contributed by atoms with van der Waals surface area (Å²) in [6.45, 7) is 5.31. The molecule has 1 saturated carbocycles. The van der Waals surface area contributed by atoms with Crippen molar-refractivity contribution in [3.05, 3.63) is 29.3 Å². The van der Waals surface area contributed by atoms with Crippen molar-refractivity contribution in [3.63, 3.8) is 0 Å². The number of carbonyl (C=O) groups is 1. The highest BCUT2D eigenvalue weighted by atomic mass is 35.5. The Morgan fingerprint density at radius 2 is 1.72 bits per heavy atom. The third kappa shape index (κ3) is 5.16. The minimum Gasteiger partial charge on any atom is -0.368 e. The number of benzene rings is 1. The fraction of sp³-hybridized carbons (Fsp3) is 0.611. The average Bonchev–Trinajstić information content (AvgIpc) is 2.55. The van der Waals surface area contributed by atoms with Gasteiger partial charge in [-0.2, -0.15) is 0 Å². The maximum absolute atomic E-state index is 12.9. The van der Waals surface area contributed by atoms with E-state index >= 15 is 0 Å². The summed E-state index contributed by atoms with van der Waals surface area (Å²) in [5, 5.41) is 0.752. The highest BCUT2D eigenvalue weighted by Gasteiger charge is 2.40. The quantitative estimate of drug-likeness (QED) is 0.811. The van der Waals surface area contributed by atoms with Crippen molar-refractivity contribution in [1.82, 2.24) is 4.90 Å². The van der Waals surface area contributed by atoms with Gasteiger partial charge in [0.2, 0.25) is 5.91 Å². The molecule has 2 fully saturated rings. The van der Waals surface area contributed by atoms with Gasteiger partial charge in [-0.25, -0.2) is 0 Å². The fourth-order valence-electron chi connectivity index (χ4n) is 3.82. The third-order valence-electron chi connectivity index (χ3n) is 5.34. The molecule has 2 atom stereocenters. The number of piperazine rings is 1. The van der Waals surface area contributed by atoms with E-state index in [1.807, 2.05) is 36.1 Å². The molecule has 1 aliphatic heterocycles. The number of carbonyl (C=O) groups excluding carboxylic acids is 1. The van der Waals surface area contributed by atoms with Crippen molar-refractivity contribution < 1.29 is 4.79 Å². The molecule has 1 aromatic rings. The van der Waals surface area contributed by atoms with Crippen LogP contribution in [0.25, 0.3) is 0 Å². The van der Waals surface area contributed by atoms with E-state index in [-0.39, 0.29) is 42.2 Å². The number of amides is 1. The fourth-order valence-corrected chi connectivity index (χ4v) is 3.95. The lowest BCUT2D eigenvalue weighted by Crippen LogP contribution is -2.57. The molecule has 0 radical (unpaired) electrons. The van der Waals surface area contributed by atoms with Gasteiger partial charge in [-0.3, -0.25) is 4.79 Å². The van der Waals surface area contributed by atoms with Gasteiger partial charge in [-0.1, -0.05) is 24.4 Å². The maximum atomic E-state index is 12.9. The van der Waals surface area contributed by atoms with Gasteiger partial charge in [-0.05, 0) is 44.0 Å². The van der Waals surface area contributed by atoms with E-state index in [1.165, 1.54) is 5.69 Å². The van der Waals surface area contributed by atoms with E-state index in [2.05, 4.69) is 4.90 Å². The Kier molecular flexibility index (Phi) is 8.33.